The van der Waals surface area contributed by atoms with E-state index in [1.807, 2.05) is 0 Å². The Morgan fingerprint density at radius 3 is 2.74 bits per heavy atom. The molecule has 0 N–H and O–H groups in total. The van der Waals surface area contributed by atoms with E-state index in [9.17, 15) is 9.59 Å². The zero-order valence-corrected chi connectivity index (χ0v) is 15.5. The molecule has 2 aromatic heterocycles. The molecule has 4 heterocycles. The van der Waals surface area contributed by atoms with E-state index < -0.39 is 0 Å². The predicted molar refractivity (Wildman–Crippen MR) is 97.3 cm³/mol. The average molecular weight is 370 g/mol. The first-order valence-corrected chi connectivity index (χ1v) is 9.01. The quantitative estimate of drug-likeness (QED) is 0.752. The first-order valence-electron chi connectivity index (χ1n) is 9.01. The zero-order chi connectivity index (χ0) is 19.0. The summed E-state index contributed by atoms with van der Waals surface area (Å²) in [6.07, 6.45) is 3.23. The van der Waals surface area contributed by atoms with Gasteiger partial charge in [-0.1, -0.05) is 0 Å². The number of aryl methyl sites for hydroxylation is 1. The van der Waals surface area contributed by atoms with Crippen molar-refractivity contribution in [1.82, 2.24) is 24.4 Å². The summed E-state index contributed by atoms with van der Waals surface area (Å²) in [7, 11) is 0. The Hall–Kier alpha value is -2.81. The van der Waals surface area contributed by atoms with Crippen LogP contribution in [0.4, 0.5) is 5.95 Å². The average Bonchev–Trinajstić information content (AvgIpc) is 3.12. The van der Waals surface area contributed by atoms with Crippen molar-refractivity contribution in [1.29, 1.82) is 0 Å². The summed E-state index contributed by atoms with van der Waals surface area (Å²) in [5.74, 6) is 0.550. The predicted octanol–water partition coefficient (Wildman–Crippen LogP) is 0.0291. The van der Waals surface area contributed by atoms with E-state index in [0.717, 1.165) is 24.3 Å². The van der Waals surface area contributed by atoms with Crippen molar-refractivity contribution in [2.45, 2.75) is 33.5 Å². The molecule has 1 fully saturated rings. The van der Waals surface area contributed by atoms with E-state index in [1.165, 1.54) is 10.9 Å². The second kappa shape index (κ2) is 7.07. The van der Waals surface area contributed by atoms with E-state index in [4.69, 9.17) is 4.74 Å². The lowest BCUT2D eigenvalue weighted by Crippen LogP contribution is -2.37. The molecule has 4 rings (SSSR count). The molecule has 0 spiro atoms. The molecule has 1 saturated heterocycles. The zero-order valence-electron chi connectivity index (χ0n) is 15.5. The highest BCUT2D eigenvalue weighted by molar-refractivity contribution is 5.76. The van der Waals surface area contributed by atoms with Gasteiger partial charge in [-0.3, -0.25) is 14.2 Å². The molecule has 27 heavy (non-hydrogen) atoms. The fraction of sp³-hybridized carbons (Fsp3) is 0.500. The number of aromatic nitrogens is 4. The van der Waals surface area contributed by atoms with Crippen LogP contribution in [0.5, 0.6) is 0 Å². The van der Waals surface area contributed by atoms with Crippen LogP contribution in [0.25, 0.3) is 0 Å². The Labute approximate surface area is 156 Å². The molecular formula is C18H22N6O3. The molecule has 2 aliphatic rings. The van der Waals surface area contributed by atoms with Gasteiger partial charge < -0.3 is 14.5 Å². The summed E-state index contributed by atoms with van der Waals surface area (Å²) < 4.78 is 6.72. The molecule has 0 aromatic carbocycles. The van der Waals surface area contributed by atoms with E-state index in [0.29, 0.717) is 43.5 Å². The van der Waals surface area contributed by atoms with Crippen molar-refractivity contribution in [3.8, 4) is 0 Å². The number of carbonyl (C=O) groups is 1. The van der Waals surface area contributed by atoms with Crippen molar-refractivity contribution >= 4 is 11.9 Å². The fourth-order valence-corrected chi connectivity index (χ4v) is 3.27. The van der Waals surface area contributed by atoms with Gasteiger partial charge in [0.15, 0.2) is 0 Å². The highest BCUT2D eigenvalue weighted by atomic mass is 16.5. The minimum atomic E-state index is -0.179. The van der Waals surface area contributed by atoms with Crippen LogP contribution in [0.15, 0.2) is 17.3 Å². The first-order chi connectivity index (χ1) is 13.0. The van der Waals surface area contributed by atoms with Crippen molar-refractivity contribution in [3.63, 3.8) is 0 Å². The number of anilines is 1. The van der Waals surface area contributed by atoms with Gasteiger partial charge in [-0.2, -0.15) is 0 Å². The molecule has 1 amide bonds. The van der Waals surface area contributed by atoms with Crippen LogP contribution in [0, 0.1) is 13.8 Å². The highest BCUT2D eigenvalue weighted by Gasteiger charge is 2.27. The van der Waals surface area contributed by atoms with E-state index in [1.54, 1.807) is 24.9 Å². The normalized spacial score (nSPS) is 16.5. The second-order valence-corrected chi connectivity index (χ2v) is 6.88. The van der Waals surface area contributed by atoms with Gasteiger partial charge in [0.1, 0.15) is 6.54 Å². The summed E-state index contributed by atoms with van der Waals surface area (Å²) in [4.78, 5) is 42.0. The SMILES string of the molecule is Cc1ncn(CC(=O)N2Cc3cnc(N4CCOCC4)nc3C2)c(=O)c1C. The molecule has 2 aromatic rings. The summed E-state index contributed by atoms with van der Waals surface area (Å²) in [6.45, 7) is 7.25. The van der Waals surface area contributed by atoms with Crippen LogP contribution in [-0.4, -0.2) is 56.6 Å². The summed E-state index contributed by atoms with van der Waals surface area (Å²) in [5.41, 5.74) is 2.89. The number of rotatable bonds is 3. The Morgan fingerprint density at radius 2 is 1.96 bits per heavy atom. The second-order valence-electron chi connectivity index (χ2n) is 6.88. The third kappa shape index (κ3) is 3.42. The minimum absolute atomic E-state index is 0.0231. The maximum absolute atomic E-state index is 12.7. The lowest BCUT2D eigenvalue weighted by molar-refractivity contribution is -0.132. The molecule has 2 aliphatic heterocycles. The minimum Gasteiger partial charge on any atom is -0.378 e. The Balaban J connectivity index is 1.47. The molecule has 9 heteroatoms. The van der Waals surface area contributed by atoms with Crippen LogP contribution in [0.3, 0.4) is 0 Å². The third-order valence-electron chi connectivity index (χ3n) is 5.11. The van der Waals surface area contributed by atoms with Gasteiger partial charge in [0.05, 0.1) is 31.8 Å². The third-order valence-corrected chi connectivity index (χ3v) is 5.11. The first kappa shape index (κ1) is 17.6. The van der Waals surface area contributed by atoms with Crippen molar-refractivity contribution < 1.29 is 9.53 Å². The number of hydrogen-bond acceptors (Lipinski definition) is 7. The van der Waals surface area contributed by atoms with Gasteiger partial charge in [0.25, 0.3) is 5.56 Å². The van der Waals surface area contributed by atoms with Gasteiger partial charge in [-0.25, -0.2) is 15.0 Å². The number of morpholine rings is 1. The van der Waals surface area contributed by atoms with Gasteiger partial charge in [-0.15, -0.1) is 0 Å². The lowest BCUT2D eigenvalue weighted by atomic mass is 10.3. The number of amides is 1. The highest BCUT2D eigenvalue weighted by Crippen LogP contribution is 2.23. The molecule has 142 valence electrons. The maximum atomic E-state index is 12.7. The summed E-state index contributed by atoms with van der Waals surface area (Å²) in [6, 6.07) is 0. The van der Waals surface area contributed by atoms with E-state index in [2.05, 4.69) is 19.9 Å². The molecule has 9 nitrogen and oxygen atoms in total. The number of ether oxygens (including phenoxy) is 1. The number of carbonyl (C=O) groups excluding carboxylic acids is 1. The van der Waals surface area contributed by atoms with Crippen LogP contribution >= 0.6 is 0 Å². The maximum Gasteiger partial charge on any atom is 0.256 e. The Morgan fingerprint density at radius 1 is 1.19 bits per heavy atom. The van der Waals surface area contributed by atoms with Gasteiger partial charge in [-0.05, 0) is 13.8 Å². The molecule has 0 radical (unpaired) electrons. The number of fused-ring (bicyclic) bond motifs is 1. The van der Waals surface area contributed by atoms with Gasteiger partial charge in [0, 0.05) is 42.7 Å². The summed E-state index contributed by atoms with van der Waals surface area (Å²) in [5, 5.41) is 0. The van der Waals surface area contributed by atoms with Crippen molar-refractivity contribution in [2.24, 2.45) is 0 Å². The largest absolute Gasteiger partial charge is 0.378 e. The lowest BCUT2D eigenvalue weighted by Gasteiger charge is -2.26. The van der Waals surface area contributed by atoms with Crippen molar-refractivity contribution in [3.05, 3.63) is 45.4 Å². The number of hydrogen-bond donors (Lipinski definition) is 0. The standard InChI is InChI=1S/C18H22N6O3/c1-12-13(2)20-11-24(17(12)26)10-16(25)23-8-14-7-19-18(21-15(14)9-23)22-3-5-27-6-4-22/h7,11H,3-6,8-10H2,1-2H3. The van der Waals surface area contributed by atoms with Crippen LogP contribution in [0.2, 0.25) is 0 Å². The molecule has 0 unspecified atom stereocenters. The van der Waals surface area contributed by atoms with Crippen LogP contribution in [0.1, 0.15) is 22.5 Å². The Kier molecular flexibility index (Phi) is 4.61. The smallest absolute Gasteiger partial charge is 0.256 e. The molecule has 0 atom stereocenters. The monoisotopic (exact) mass is 370 g/mol. The topological polar surface area (TPSA) is 93.5 Å². The molecule has 0 bridgehead atoms. The van der Waals surface area contributed by atoms with Crippen LogP contribution in [-0.2, 0) is 29.2 Å². The van der Waals surface area contributed by atoms with Gasteiger partial charge in [0.2, 0.25) is 11.9 Å². The Bertz CT molecular complexity index is 935. The van der Waals surface area contributed by atoms with Gasteiger partial charge >= 0.3 is 0 Å². The number of nitrogens with zero attached hydrogens (tertiary/aromatic N) is 6. The summed E-state index contributed by atoms with van der Waals surface area (Å²) >= 11 is 0. The molecular weight excluding hydrogens is 348 g/mol. The van der Waals surface area contributed by atoms with Crippen molar-refractivity contribution in [2.75, 3.05) is 31.2 Å². The molecule has 0 aliphatic carbocycles. The molecule has 0 saturated carbocycles. The van der Waals surface area contributed by atoms with E-state index >= 15 is 0 Å². The fourth-order valence-electron chi connectivity index (χ4n) is 3.27. The van der Waals surface area contributed by atoms with E-state index in [-0.39, 0.29) is 18.0 Å². The van der Waals surface area contributed by atoms with Crippen LogP contribution < -0.4 is 10.5 Å².